The summed E-state index contributed by atoms with van der Waals surface area (Å²) in [6.45, 7) is 0. The molecule has 1 N–H and O–H groups in total. The van der Waals surface area contributed by atoms with Gasteiger partial charge in [0, 0.05) is 17.7 Å². The second-order valence-corrected chi connectivity index (χ2v) is 7.73. The average Bonchev–Trinajstić information content (AvgIpc) is 3.13. The first-order chi connectivity index (χ1) is 14.8. The highest BCUT2D eigenvalue weighted by Crippen LogP contribution is 2.60. The zero-order valence-corrected chi connectivity index (χ0v) is 16.8. The number of hydrazine groups is 1. The molecule has 5 rings (SSSR count). The summed E-state index contributed by atoms with van der Waals surface area (Å²) in [5, 5.41) is 1.57. The lowest BCUT2D eigenvalue weighted by molar-refractivity contribution is 0.270. The molecule has 0 bridgehead atoms. The standard InChI is InChI=1S/C22H15ClF4N2O2/c1-30-18-10-22(18)20(17-6-7-19(23)31-17)21(13-4-2-11(24)8-14(13)26)28-29(22)16-5-3-12(25)9-15(16)27/h2-10,20-21,28H,1H3. The number of halogens is 5. The SMILES string of the molecule is COC1=CC12C(c1ccc(Cl)o1)C(c1ccc(F)cc1F)NN2c1ccc(F)cc1F. The molecule has 0 saturated carbocycles. The molecule has 0 amide bonds. The van der Waals surface area contributed by atoms with E-state index in [2.05, 4.69) is 5.43 Å². The Bertz CT molecular complexity index is 1210. The molecule has 1 aliphatic carbocycles. The minimum absolute atomic E-state index is 0.0253. The van der Waals surface area contributed by atoms with E-state index in [9.17, 15) is 17.6 Å². The molecule has 4 nitrogen and oxygen atoms in total. The monoisotopic (exact) mass is 450 g/mol. The van der Waals surface area contributed by atoms with Crippen molar-refractivity contribution in [2.45, 2.75) is 17.5 Å². The minimum Gasteiger partial charge on any atom is -0.498 e. The average molecular weight is 451 g/mol. The second kappa shape index (κ2) is 7.03. The fourth-order valence-electron chi connectivity index (χ4n) is 4.33. The Morgan fingerprint density at radius 3 is 2.29 bits per heavy atom. The highest BCUT2D eigenvalue weighted by molar-refractivity contribution is 6.28. The van der Waals surface area contributed by atoms with Gasteiger partial charge in [-0.2, -0.15) is 0 Å². The summed E-state index contributed by atoms with van der Waals surface area (Å²) in [5.74, 6) is -2.85. The van der Waals surface area contributed by atoms with Gasteiger partial charge in [-0.25, -0.2) is 23.0 Å². The molecule has 1 spiro atoms. The van der Waals surface area contributed by atoms with Crippen LogP contribution in [0.4, 0.5) is 23.2 Å². The van der Waals surface area contributed by atoms with Gasteiger partial charge >= 0.3 is 0 Å². The first-order valence-electron chi connectivity index (χ1n) is 9.34. The first-order valence-corrected chi connectivity index (χ1v) is 9.72. The van der Waals surface area contributed by atoms with Crippen LogP contribution in [0.1, 0.15) is 23.3 Å². The van der Waals surface area contributed by atoms with E-state index in [0.29, 0.717) is 11.5 Å². The maximum absolute atomic E-state index is 14.8. The zero-order valence-electron chi connectivity index (χ0n) is 16.0. The van der Waals surface area contributed by atoms with Gasteiger partial charge in [0.05, 0.1) is 24.8 Å². The molecule has 1 aromatic heterocycles. The van der Waals surface area contributed by atoms with E-state index in [0.717, 1.165) is 24.3 Å². The molecule has 2 aliphatic rings. The summed E-state index contributed by atoms with van der Waals surface area (Å²) in [4.78, 5) is 0. The van der Waals surface area contributed by atoms with Crippen LogP contribution in [0.2, 0.25) is 5.22 Å². The molecule has 2 heterocycles. The van der Waals surface area contributed by atoms with Crippen molar-refractivity contribution in [3.8, 4) is 0 Å². The van der Waals surface area contributed by atoms with Crippen molar-refractivity contribution < 1.29 is 26.7 Å². The van der Waals surface area contributed by atoms with Crippen molar-refractivity contribution in [2.24, 2.45) is 0 Å². The molecule has 3 atom stereocenters. The molecule has 1 saturated heterocycles. The molecule has 3 unspecified atom stereocenters. The van der Waals surface area contributed by atoms with Crippen molar-refractivity contribution in [3.05, 3.63) is 100 Å². The molecular formula is C22H15ClF4N2O2. The molecule has 2 aromatic carbocycles. The van der Waals surface area contributed by atoms with E-state index < -0.39 is 40.8 Å². The molecule has 1 fully saturated rings. The Morgan fingerprint density at radius 2 is 1.71 bits per heavy atom. The summed E-state index contributed by atoms with van der Waals surface area (Å²) in [5.41, 5.74) is 2.19. The number of hydrogen-bond acceptors (Lipinski definition) is 4. The maximum Gasteiger partial charge on any atom is 0.193 e. The lowest BCUT2D eigenvalue weighted by Crippen LogP contribution is -2.43. The van der Waals surface area contributed by atoms with Gasteiger partial charge in [0.25, 0.3) is 0 Å². The third-order valence-corrected chi connectivity index (χ3v) is 5.88. The van der Waals surface area contributed by atoms with Gasteiger partial charge in [0.15, 0.2) is 11.0 Å². The molecule has 31 heavy (non-hydrogen) atoms. The largest absolute Gasteiger partial charge is 0.498 e. The van der Waals surface area contributed by atoms with Crippen LogP contribution < -0.4 is 10.4 Å². The minimum atomic E-state index is -1.07. The van der Waals surface area contributed by atoms with Gasteiger partial charge in [0.1, 0.15) is 34.5 Å². The quantitative estimate of drug-likeness (QED) is 0.523. The Labute approximate surface area is 179 Å². The van der Waals surface area contributed by atoms with Crippen LogP contribution in [0, 0.1) is 23.3 Å². The van der Waals surface area contributed by atoms with Gasteiger partial charge in [0.2, 0.25) is 0 Å². The van der Waals surface area contributed by atoms with Crippen molar-refractivity contribution in [1.29, 1.82) is 0 Å². The van der Waals surface area contributed by atoms with Gasteiger partial charge in [-0.05, 0) is 48.0 Å². The van der Waals surface area contributed by atoms with E-state index in [-0.39, 0.29) is 16.5 Å². The van der Waals surface area contributed by atoms with Crippen LogP contribution in [0.15, 0.2) is 64.8 Å². The van der Waals surface area contributed by atoms with Crippen molar-refractivity contribution in [1.82, 2.24) is 5.43 Å². The predicted molar refractivity (Wildman–Crippen MR) is 105 cm³/mol. The van der Waals surface area contributed by atoms with Gasteiger partial charge < -0.3 is 9.15 Å². The van der Waals surface area contributed by atoms with Crippen molar-refractivity contribution in [2.75, 3.05) is 12.1 Å². The van der Waals surface area contributed by atoms with Gasteiger partial charge in [-0.15, -0.1) is 0 Å². The highest BCUT2D eigenvalue weighted by Gasteiger charge is 2.66. The second-order valence-electron chi connectivity index (χ2n) is 7.36. The van der Waals surface area contributed by atoms with Crippen LogP contribution in [-0.2, 0) is 4.74 Å². The number of ether oxygens (including phenoxy) is 1. The van der Waals surface area contributed by atoms with Crippen LogP contribution in [0.3, 0.4) is 0 Å². The number of benzene rings is 2. The summed E-state index contributed by atoms with van der Waals surface area (Å²) in [6.07, 6.45) is 1.73. The third-order valence-electron chi connectivity index (χ3n) is 5.68. The number of methoxy groups -OCH3 is 1. The molecule has 9 heteroatoms. The Kier molecular flexibility index (Phi) is 4.53. The van der Waals surface area contributed by atoms with E-state index in [1.165, 1.54) is 24.3 Å². The van der Waals surface area contributed by atoms with Crippen LogP contribution in [0.25, 0.3) is 0 Å². The topological polar surface area (TPSA) is 37.6 Å². The Balaban J connectivity index is 1.69. The van der Waals surface area contributed by atoms with Crippen LogP contribution >= 0.6 is 11.6 Å². The molecule has 3 aromatic rings. The third kappa shape index (κ3) is 3.01. The van der Waals surface area contributed by atoms with Gasteiger partial charge in [-0.1, -0.05) is 6.07 Å². The van der Waals surface area contributed by atoms with E-state index in [4.69, 9.17) is 20.8 Å². The lowest BCUT2D eigenvalue weighted by Gasteiger charge is -2.29. The number of hydrogen-bond donors (Lipinski definition) is 1. The predicted octanol–water partition coefficient (Wildman–Crippen LogP) is 5.62. The number of nitrogens with one attached hydrogen (secondary N) is 1. The summed E-state index contributed by atoms with van der Waals surface area (Å²) < 4.78 is 67.7. The van der Waals surface area contributed by atoms with E-state index >= 15 is 0 Å². The van der Waals surface area contributed by atoms with Crippen LogP contribution in [-0.4, -0.2) is 12.6 Å². The maximum atomic E-state index is 14.8. The molecular weight excluding hydrogens is 436 g/mol. The van der Waals surface area contributed by atoms with E-state index in [1.807, 2.05) is 0 Å². The summed E-state index contributed by atoms with van der Waals surface area (Å²) >= 11 is 5.99. The number of furan rings is 1. The number of anilines is 1. The smallest absolute Gasteiger partial charge is 0.193 e. The fourth-order valence-corrected chi connectivity index (χ4v) is 4.48. The fraction of sp³-hybridized carbons (Fsp3) is 0.182. The summed E-state index contributed by atoms with van der Waals surface area (Å²) in [6, 6.07) is 8.73. The normalized spacial score (nSPS) is 24.6. The molecule has 160 valence electrons. The number of nitrogens with zero attached hydrogens (tertiary/aromatic N) is 1. The highest BCUT2D eigenvalue weighted by atomic mass is 35.5. The number of rotatable bonds is 4. The van der Waals surface area contributed by atoms with Crippen LogP contribution in [0.5, 0.6) is 0 Å². The lowest BCUT2D eigenvalue weighted by atomic mass is 9.83. The van der Waals surface area contributed by atoms with Gasteiger partial charge in [-0.3, -0.25) is 5.01 Å². The van der Waals surface area contributed by atoms with Crippen molar-refractivity contribution in [3.63, 3.8) is 0 Å². The Morgan fingerprint density at radius 1 is 1.00 bits per heavy atom. The van der Waals surface area contributed by atoms with Crippen molar-refractivity contribution >= 4 is 17.3 Å². The molecule has 0 radical (unpaired) electrons. The first kappa shape index (κ1) is 20.0. The zero-order chi connectivity index (χ0) is 21.9. The van der Waals surface area contributed by atoms with E-state index in [1.54, 1.807) is 18.2 Å². The molecule has 1 aliphatic heterocycles. The summed E-state index contributed by atoms with van der Waals surface area (Å²) in [7, 11) is 1.46. The Hall–Kier alpha value is -2.97.